The highest BCUT2D eigenvalue weighted by atomic mass is 79.9. The predicted octanol–water partition coefficient (Wildman–Crippen LogP) is 7.96. The topological polar surface area (TPSA) is 55.8 Å². The molecule has 2 amide bonds. The number of rotatable bonds is 8. The summed E-state index contributed by atoms with van der Waals surface area (Å²) in [4.78, 5) is 26.9. The van der Waals surface area contributed by atoms with Gasteiger partial charge < -0.3 is 9.47 Å². The second kappa shape index (κ2) is 11.4. The van der Waals surface area contributed by atoms with Gasteiger partial charge in [0.1, 0.15) is 12.4 Å². The van der Waals surface area contributed by atoms with Crippen molar-refractivity contribution in [1.82, 2.24) is 4.90 Å². The Bertz CT molecular complexity index is 1570. The SMILES string of the molecule is CCOc1cc(/C=C2\SC(=O)N(Cc3ccccc3F)C2=O)cc(Br)c1OCc1cccc2ccccc12. The lowest BCUT2D eigenvalue weighted by molar-refractivity contribution is -0.123. The standard InChI is InChI=1S/C30H23BrFNO4S/c1-2-36-26-15-19(16-27-29(34)33(30(35)38-27)17-21-9-4-6-13-25(21)32)14-24(31)28(26)37-18-22-11-7-10-20-8-3-5-12-23(20)22/h3-16H,2,17-18H2,1H3/b27-16-. The largest absolute Gasteiger partial charge is 0.490 e. The Labute approximate surface area is 232 Å². The molecular formula is C30H23BrFNO4S. The molecule has 1 saturated heterocycles. The highest BCUT2D eigenvalue weighted by Gasteiger charge is 2.35. The third kappa shape index (κ3) is 5.47. The summed E-state index contributed by atoms with van der Waals surface area (Å²) in [6.07, 6.45) is 1.63. The molecule has 0 saturated carbocycles. The van der Waals surface area contributed by atoms with Crippen LogP contribution in [-0.4, -0.2) is 22.7 Å². The molecule has 0 bridgehead atoms. The number of hydrogen-bond donors (Lipinski definition) is 0. The zero-order valence-corrected chi connectivity index (χ0v) is 22.9. The lowest BCUT2D eigenvalue weighted by Gasteiger charge is -2.16. The van der Waals surface area contributed by atoms with Gasteiger partial charge in [-0.3, -0.25) is 14.5 Å². The smallest absolute Gasteiger partial charge is 0.293 e. The molecule has 0 unspecified atom stereocenters. The molecule has 0 aliphatic carbocycles. The minimum Gasteiger partial charge on any atom is -0.490 e. The van der Waals surface area contributed by atoms with Gasteiger partial charge in [0, 0.05) is 5.56 Å². The fraction of sp³-hybridized carbons (Fsp3) is 0.133. The molecule has 192 valence electrons. The second-order valence-electron chi connectivity index (χ2n) is 8.55. The van der Waals surface area contributed by atoms with Crippen molar-refractivity contribution in [3.05, 3.63) is 111 Å². The van der Waals surface area contributed by atoms with Crippen molar-refractivity contribution in [2.24, 2.45) is 0 Å². The van der Waals surface area contributed by atoms with Crippen molar-refractivity contribution in [2.45, 2.75) is 20.1 Å². The summed E-state index contributed by atoms with van der Waals surface area (Å²) in [6, 6.07) is 23.9. The summed E-state index contributed by atoms with van der Waals surface area (Å²) in [5, 5.41) is 1.81. The number of ether oxygens (including phenoxy) is 2. The van der Waals surface area contributed by atoms with Gasteiger partial charge in [0.2, 0.25) is 0 Å². The van der Waals surface area contributed by atoms with E-state index in [9.17, 15) is 14.0 Å². The van der Waals surface area contributed by atoms with E-state index in [1.807, 2.05) is 37.3 Å². The number of nitrogens with zero attached hydrogens (tertiary/aromatic N) is 1. The maximum atomic E-state index is 14.1. The molecule has 0 aromatic heterocycles. The van der Waals surface area contributed by atoms with E-state index in [-0.39, 0.29) is 17.0 Å². The molecule has 8 heteroatoms. The third-order valence-corrected chi connectivity index (χ3v) is 7.54. The molecule has 1 heterocycles. The first-order chi connectivity index (χ1) is 18.4. The molecule has 5 rings (SSSR count). The Morgan fingerprint density at radius 3 is 2.50 bits per heavy atom. The predicted molar refractivity (Wildman–Crippen MR) is 152 cm³/mol. The van der Waals surface area contributed by atoms with Gasteiger partial charge in [0.05, 0.1) is 22.5 Å². The zero-order chi connectivity index (χ0) is 26.6. The molecule has 5 nitrogen and oxygen atoms in total. The number of carbonyl (C=O) groups is 2. The highest BCUT2D eigenvalue weighted by Crippen LogP contribution is 2.40. The van der Waals surface area contributed by atoms with Gasteiger partial charge in [0.25, 0.3) is 11.1 Å². The molecular weight excluding hydrogens is 569 g/mol. The Morgan fingerprint density at radius 2 is 1.68 bits per heavy atom. The van der Waals surface area contributed by atoms with Gasteiger partial charge in [-0.25, -0.2) is 4.39 Å². The number of benzene rings is 4. The molecule has 0 atom stereocenters. The molecule has 0 radical (unpaired) electrons. The van der Waals surface area contributed by atoms with E-state index in [0.29, 0.717) is 34.7 Å². The normalized spacial score (nSPS) is 14.5. The van der Waals surface area contributed by atoms with E-state index in [2.05, 4.69) is 34.1 Å². The van der Waals surface area contributed by atoms with Crippen LogP contribution in [0.3, 0.4) is 0 Å². The van der Waals surface area contributed by atoms with Crippen molar-refractivity contribution < 1.29 is 23.5 Å². The Kier molecular flexibility index (Phi) is 7.81. The summed E-state index contributed by atoms with van der Waals surface area (Å²) >= 11 is 4.42. The van der Waals surface area contributed by atoms with Crippen molar-refractivity contribution >= 4 is 55.7 Å². The van der Waals surface area contributed by atoms with Crippen LogP contribution in [0.25, 0.3) is 16.8 Å². The fourth-order valence-corrected chi connectivity index (χ4v) is 5.64. The van der Waals surface area contributed by atoms with E-state index in [4.69, 9.17) is 9.47 Å². The third-order valence-electron chi connectivity index (χ3n) is 6.04. The van der Waals surface area contributed by atoms with Crippen LogP contribution in [0.1, 0.15) is 23.6 Å². The van der Waals surface area contributed by atoms with Crippen LogP contribution in [0, 0.1) is 5.82 Å². The second-order valence-corrected chi connectivity index (χ2v) is 10.4. The van der Waals surface area contributed by atoms with Crippen LogP contribution in [0.15, 0.2) is 88.2 Å². The maximum absolute atomic E-state index is 14.1. The van der Waals surface area contributed by atoms with Crippen LogP contribution in [0.4, 0.5) is 9.18 Å². The number of fused-ring (bicyclic) bond motifs is 1. The number of imide groups is 1. The maximum Gasteiger partial charge on any atom is 0.293 e. The first-order valence-electron chi connectivity index (χ1n) is 12.0. The quantitative estimate of drug-likeness (QED) is 0.194. The monoisotopic (exact) mass is 591 g/mol. The molecule has 0 spiro atoms. The van der Waals surface area contributed by atoms with Crippen molar-refractivity contribution in [3.63, 3.8) is 0 Å². The van der Waals surface area contributed by atoms with Crippen molar-refractivity contribution in [3.8, 4) is 11.5 Å². The molecule has 4 aromatic carbocycles. The summed E-state index contributed by atoms with van der Waals surface area (Å²) < 4.78 is 26.8. The van der Waals surface area contributed by atoms with E-state index < -0.39 is 17.0 Å². The molecule has 0 N–H and O–H groups in total. The van der Waals surface area contributed by atoms with Gasteiger partial charge in [0.15, 0.2) is 11.5 Å². The summed E-state index contributed by atoms with van der Waals surface area (Å²) in [5.41, 5.74) is 1.99. The minimum absolute atomic E-state index is 0.122. The van der Waals surface area contributed by atoms with Crippen molar-refractivity contribution in [1.29, 1.82) is 0 Å². The number of carbonyl (C=O) groups excluding carboxylic acids is 2. The van der Waals surface area contributed by atoms with Gasteiger partial charge >= 0.3 is 0 Å². The Balaban J connectivity index is 1.39. The summed E-state index contributed by atoms with van der Waals surface area (Å²) in [6.45, 7) is 2.51. The van der Waals surface area contributed by atoms with Crippen LogP contribution in [0.2, 0.25) is 0 Å². The fourth-order valence-electron chi connectivity index (χ4n) is 4.23. The lowest BCUT2D eigenvalue weighted by Crippen LogP contribution is -2.27. The molecule has 1 aliphatic heterocycles. The Morgan fingerprint density at radius 1 is 0.947 bits per heavy atom. The van der Waals surface area contributed by atoms with Gasteiger partial charge in [-0.05, 0) is 80.8 Å². The first kappa shape index (κ1) is 26.0. The van der Waals surface area contributed by atoms with Gasteiger partial charge in [-0.1, -0.05) is 60.7 Å². The zero-order valence-electron chi connectivity index (χ0n) is 20.4. The molecule has 1 aliphatic rings. The van der Waals surface area contributed by atoms with Crippen LogP contribution < -0.4 is 9.47 Å². The Hall–Kier alpha value is -3.62. The number of halogens is 2. The molecule has 1 fully saturated rings. The highest BCUT2D eigenvalue weighted by molar-refractivity contribution is 9.10. The molecule has 4 aromatic rings. The lowest BCUT2D eigenvalue weighted by atomic mass is 10.1. The van der Waals surface area contributed by atoms with Crippen LogP contribution in [0.5, 0.6) is 11.5 Å². The van der Waals surface area contributed by atoms with E-state index in [1.54, 1.807) is 30.3 Å². The summed E-state index contributed by atoms with van der Waals surface area (Å²) in [5.74, 6) is 0.136. The minimum atomic E-state index is -0.464. The average Bonchev–Trinajstić information content (AvgIpc) is 3.17. The first-order valence-corrected chi connectivity index (χ1v) is 13.6. The van der Waals surface area contributed by atoms with E-state index in [1.165, 1.54) is 6.07 Å². The van der Waals surface area contributed by atoms with Crippen LogP contribution in [-0.2, 0) is 17.9 Å². The number of hydrogen-bond acceptors (Lipinski definition) is 5. The number of amides is 2. The molecule has 38 heavy (non-hydrogen) atoms. The van der Waals surface area contributed by atoms with Gasteiger partial charge in [-0.2, -0.15) is 0 Å². The van der Waals surface area contributed by atoms with Gasteiger partial charge in [-0.15, -0.1) is 0 Å². The van der Waals surface area contributed by atoms with Crippen molar-refractivity contribution in [2.75, 3.05) is 6.61 Å². The summed E-state index contributed by atoms with van der Waals surface area (Å²) in [7, 11) is 0. The van der Waals surface area contributed by atoms with E-state index in [0.717, 1.165) is 33.0 Å². The average molecular weight is 592 g/mol. The van der Waals surface area contributed by atoms with E-state index >= 15 is 0 Å². The van der Waals surface area contributed by atoms with Crippen LogP contribution >= 0.6 is 27.7 Å². The number of thioether (sulfide) groups is 1.